The molecule has 7 nitrogen and oxygen atoms in total. The third-order valence-electron chi connectivity index (χ3n) is 3.91. The third-order valence-corrected chi connectivity index (χ3v) is 5.96. The van der Waals surface area contributed by atoms with Crippen molar-refractivity contribution in [1.29, 1.82) is 0 Å². The number of amides is 1. The SMILES string of the molecule is COC(=O)c1cccc(S(=O)(=O)Nc2ccc(NC(=O)C(C)(C)CCl)cc2)c1. The van der Waals surface area contributed by atoms with Crippen LogP contribution < -0.4 is 10.0 Å². The molecule has 0 aliphatic heterocycles. The minimum atomic E-state index is -3.90. The number of halogens is 1. The largest absolute Gasteiger partial charge is 0.465 e. The highest BCUT2D eigenvalue weighted by molar-refractivity contribution is 7.92. The van der Waals surface area contributed by atoms with Crippen molar-refractivity contribution in [3.63, 3.8) is 0 Å². The van der Waals surface area contributed by atoms with E-state index in [1.165, 1.54) is 43.5 Å². The summed E-state index contributed by atoms with van der Waals surface area (Å²) in [6.45, 7) is 3.44. The van der Waals surface area contributed by atoms with Gasteiger partial charge >= 0.3 is 5.97 Å². The number of methoxy groups -OCH3 is 1. The van der Waals surface area contributed by atoms with E-state index in [-0.39, 0.29) is 22.2 Å². The van der Waals surface area contributed by atoms with Gasteiger partial charge in [0.05, 0.1) is 23.0 Å². The summed E-state index contributed by atoms with van der Waals surface area (Å²) >= 11 is 5.78. The highest BCUT2D eigenvalue weighted by Gasteiger charge is 2.26. The first-order valence-corrected chi connectivity index (χ1v) is 10.3. The van der Waals surface area contributed by atoms with Gasteiger partial charge in [-0.2, -0.15) is 0 Å². The van der Waals surface area contributed by atoms with Crippen molar-refractivity contribution in [2.24, 2.45) is 5.41 Å². The maximum atomic E-state index is 12.6. The summed E-state index contributed by atoms with van der Waals surface area (Å²) in [5.74, 6) is -0.700. The molecule has 0 aliphatic rings. The van der Waals surface area contributed by atoms with Gasteiger partial charge in [-0.15, -0.1) is 11.6 Å². The molecule has 150 valence electrons. The Morgan fingerprint density at radius 2 is 1.68 bits per heavy atom. The lowest BCUT2D eigenvalue weighted by molar-refractivity contribution is -0.122. The fourth-order valence-electron chi connectivity index (χ4n) is 2.10. The number of ether oxygens (including phenoxy) is 1. The first-order chi connectivity index (χ1) is 13.1. The molecule has 0 heterocycles. The average Bonchev–Trinajstić information content (AvgIpc) is 2.68. The molecule has 1 amide bonds. The molecule has 0 spiro atoms. The van der Waals surface area contributed by atoms with Gasteiger partial charge in [-0.25, -0.2) is 13.2 Å². The Morgan fingerprint density at radius 3 is 2.25 bits per heavy atom. The molecule has 2 N–H and O–H groups in total. The second-order valence-electron chi connectivity index (χ2n) is 6.67. The molecule has 2 aromatic carbocycles. The lowest BCUT2D eigenvalue weighted by atomic mass is 9.95. The number of carbonyl (C=O) groups is 2. The molecule has 0 aromatic heterocycles. The molecule has 0 saturated heterocycles. The van der Waals surface area contributed by atoms with E-state index in [0.29, 0.717) is 11.4 Å². The fourth-order valence-corrected chi connectivity index (χ4v) is 3.33. The number of nitrogens with one attached hydrogen (secondary N) is 2. The predicted molar refractivity (Wildman–Crippen MR) is 108 cm³/mol. The van der Waals surface area contributed by atoms with Crippen LogP contribution in [0.3, 0.4) is 0 Å². The molecule has 0 radical (unpaired) electrons. The highest BCUT2D eigenvalue weighted by atomic mass is 35.5. The van der Waals surface area contributed by atoms with E-state index in [9.17, 15) is 18.0 Å². The normalized spacial score (nSPS) is 11.6. The molecular weight excluding hydrogens is 404 g/mol. The van der Waals surface area contributed by atoms with Gasteiger partial charge in [0.15, 0.2) is 0 Å². The van der Waals surface area contributed by atoms with Gasteiger partial charge in [0.25, 0.3) is 10.0 Å². The second-order valence-corrected chi connectivity index (χ2v) is 8.62. The standard InChI is InChI=1S/C19H21ClN2O5S/c1-19(2,12-20)18(24)21-14-7-9-15(10-8-14)22-28(25,26)16-6-4-5-13(11-16)17(23)27-3/h4-11,22H,12H2,1-3H3,(H,21,24). The number of hydrogen-bond donors (Lipinski definition) is 2. The lowest BCUT2D eigenvalue weighted by Gasteiger charge is -2.20. The quantitative estimate of drug-likeness (QED) is 0.523. The minimum absolute atomic E-state index is 0.0726. The molecule has 0 unspecified atom stereocenters. The van der Waals surface area contributed by atoms with Crippen LogP contribution in [0.1, 0.15) is 24.2 Å². The molecular formula is C19H21ClN2O5S. The first kappa shape index (κ1) is 21.7. The smallest absolute Gasteiger partial charge is 0.337 e. The Bertz CT molecular complexity index is 972. The number of rotatable bonds is 7. The lowest BCUT2D eigenvalue weighted by Crippen LogP contribution is -2.32. The van der Waals surface area contributed by atoms with Gasteiger partial charge in [0, 0.05) is 17.3 Å². The van der Waals surface area contributed by atoms with E-state index in [0.717, 1.165) is 0 Å². The van der Waals surface area contributed by atoms with E-state index < -0.39 is 21.4 Å². The van der Waals surface area contributed by atoms with Crippen LogP contribution in [0.4, 0.5) is 11.4 Å². The number of carbonyl (C=O) groups excluding carboxylic acids is 2. The number of anilines is 2. The van der Waals surface area contributed by atoms with Crippen LogP contribution >= 0.6 is 11.6 Å². The topological polar surface area (TPSA) is 102 Å². The summed E-state index contributed by atoms with van der Waals surface area (Å²) in [7, 11) is -2.68. The molecule has 0 fully saturated rings. The molecule has 0 aliphatic carbocycles. The number of hydrogen-bond acceptors (Lipinski definition) is 5. The van der Waals surface area contributed by atoms with Crippen LogP contribution in [-0.2, 0) is 19.6 Å². The molecule has 0 saturated carbocycles. The van der Waals surface area contributed by atoms with E-state index >= 15 is 0 Å². The zero-order chi connectivity index (χ0) is 20.9. The minimum Gasteiger partial charge on any atom is -0.465 e. The summed E-state index contributed by atoms with van der Waals surface area (Å²) in [5.41, 5.74) is 0.217. The van der Waals surface area contributed by atoms with Crippen molar-refractivity contribution in [1.82, 2.24) is 0 Å². The van der Waals surface area contributed by atoms with Crippen LogP contribution in [0.2, 0.25) is 0 Å². The van der Waals surface area contributed by atoms with Crippen molar-refractivity contribution < 1.29 is 22.7 Å². The second kappa shape index (κ2) is 8.62. The Kier molecular flexibility index (Phi) is 6.69. The zero-order valence-corrected chi connectivity index (χ0v) is 17.2. The van der Waals surface area contributed by atoms with Crippen molar-refractivity contribution in [3.05, 3.63) is 54.1 Å². The summed E-state index contributed by atoms with van der Waals surface area (Å²) in [5, 5.41) is 2.73. The Morgan fingerprint density at radius 1 is 1.07 bits per heavy atom. The first-order valence-electron chi connectivity index (χ1n) is 8.28. The van der Waals surface area contributed by atoms with Gasteiger partial charge < -0.3 is 10.1 Å². The summed E-state index contributed by atoms with van der Waals surface area (Å²) in [6, 6.07) is 11.7. The van der Waals surface area contributed by atoms with E-state index in [1.807, 2.05) is 0 Å². The van der Waals surface area contributed by atoms with Gasteiger partial charge in [0.1, 0.15) is 0 Å². The van der Waals surface area contributed by atoms with Crippen molar-refractivity contribution in [2.45, 2.75) is 18.7 Å². The monoisotopic (exact) mass is 424 g/mol. The summed E-state index contributed by atoms with van der Waals surface area (Å²) in [4.78, 5) is 23.6. The van der Waals surface area contributed by atoms with Gasteiger partial charge in [-0.3, -0.25) is 9.52 Å². The van der Waals surface area contributed by atoms with Gasteiger partial charge in [-0.1, -0.05) is 6.07 Å². The van der Waals surface area contributed by atoms with Crippen LogP contribution in [-0.4, -0.2) is 33.3 Å². The van der Waals surface area contributed by atoms with Crippen LogP contribution in [0.15, 0.2) is 53.4 Å². The van der Waals surface area contributed by atoms with Gasteiger partial charge in [-0.05, 0) is 56.3 Å². The van der Waals surface area contributed by atoms with Crippen molar-refractivity contribution >= 4 is 44.9 Å². The molecule has 9 heteroatoms. The van der Waals surface area contributed by atoms with Crippen molar-refractivity contribution in [2.75, 3.05) is 23.0 Å². The Hall–Kier alpha value is -2.58. The van der Waals surface area contributed by atoms with E-state index in [4.69, 9.17) is 11.6 Å². The van der Waals surface area contributed by atoms with Crippen LogP contribution in [0, 0.1) is 5.41 Å². The summed E-state index contributed by atoms with van der Waals surface area (Å²) < 4.78 is 32.1. The molecule has 2 aromatic rings. The van der Waals surface area contributed by atoms with Crippen LogP contribution in [0.5, 0.6) is 0 Å². The molecule has 2 rings (SSSR count). The maximum absolute atomic E-state index is 12.6. The Balaban J connectivity index is 2.15. The number of sulfonamides is 1. The highest BCUT2D eigenvalue weighted by Crippen LogP contribution is 2.22. The Labute approximate surface area is 169 Å². The average molecular weight is 425 g/mol. The molecule has 0 bridgehead atoms. The van der Waals surface area contributed by atoms with Gasteiger partial charge in [0.2, 0.25) is 5.91 Å². The fraction of sp³-hybridized carbons (Fsp3) is 0.263. The number of alkyl halides is 1. The number of esters is 1. The maximum Gasteiger partial charge on any atom is 0.337 e. The molecule has 28 heavy (non-hydrogen) atoms. The van der Waals surface area contributed by atoms with Crippen LogP contribution in [0.25, 0.3) is 0 Å². The van der Waals surface area contributed by atoms with E-state index in [1.54, 1.807) is 26.0 Å². The predicted octanol–water partition coefficient (Wildman–Crippen LogP) is 3.48. The molecule has 0 atom stereocenters. The van der Waals surface area contributed by atoms with Crippen molar-refractivity contribution in [3.8, 4) is 0 Å². The third kappa shape index (κ3) is 5.24. The number of benzene rings is 2. The summed E-state index contributed by atoms with van der Waals surface area (Å²) in [6.07, 6.45) is 0. The zero-order valence-electron chi connectivity index (χ0n) is 15.7. The van der Waals surface area contributed by atoms with E-state index in [2.05, 4.69) is 14.8 Å².